The molecule has 1 atom stereocenters. The summed E-state index contributed by atoms with van der Waals surface area (Å²) < 4.78 is 18.0. The highest BCUT2D eigenvalue weighted by Gasteiger charge is 2.23. The minimum atomic E-state index is -0.366. The van der Waals surface area contributed by atoms with Crippen LogP contribution in [0, 0.1) is 5.82 Å². The van der Waals surface area contributed by atoms with Gasteiger partial charge in [-0.1, -0.05) is 0 Å². The summed E-state index contributed by atoms with van der Waals surface area (Å²) in [6.07, 6.45) is -0.366. The third kappa shape index (κ3) is 2.58. The quantitative estimate of drug-likeness (QED) is 0.723. The van der Waals surface area contributed by atoms with E-state index in [1.54, 1.807) is 11.8 Å². The van der Waals surface area contributed by atoms with Crippen molar-refractivity contribution in [1.29, 1.82) is 0 Å². The van der Waals surface area contributed by atoms with E-state index in [0.29, 0.717) is 17.9 Å². The Kier molecular flexibility index (Phi) is 3.38. The Balaban J connectivity index is 2.09. The van der Waals surface area contributed by atoms with Crippen LogP contribution in [0.25, 0.3) is 0 Å². The zero-order valence-electron chi connectivity index (χ0n) is 8.11. The number of thioether (sulfide) groups is 1. The van der Waals surface area contributed by atoms with E-state index >= 15 is 0 Å². The number of hydrogen-bond donors (Lipinski definition) is 0. The van der Waals surface area contributed by atoms with Gasteiger partial charge in [0.15, 0.2) is 5.78 Å². The second-order valence-corrected chi connectivity index (χ2v) is 4.46. The highest BCUT2D eigenvalue weighted by molar-refractivity contribution is 7.99. The van der Waals surface area contributed by atoms with E-state index in [0.717, 1.165) is 5.75 Å². The van der Waals surface area contributed by atoms with Gasteiger partial charge in [0.1, 0.15) is 11.9 Å². The normalized spacial score (nSPS) is 21.3. The molecule has 2 rings (SSSR count). The fourth-order valence-electron chi connectivity index (χ4n) is 1.44. The van der Waals surface area contributed by atoms with Crippen molar-refractivity contribution < 1.29 is 13.9 Å². The molecule has 1 fully saturated rings. The molecule has 0 radical (unpaired) electrons. The molecule has 1 aliphatic rings. The first-order chi connectivity index (χ1) is 7.27. The third-order valence-electron chi connectivity index (χ3n) is 2.24. The second-order valence-electron chi connectivity index (χ2n) is 3.31. The summed E-state index contributed by atoms with van der Waals surface area (Å²) in [4.78, 5) is 11.9. The summed E-state index contributed by atoms with van der Waals surface area (Å²) in [6.45, 7) is 0.613. The minimum Gasteiger partial charge on any atom is -0.368 e. The van der Waals surface area contributed by atoms with Gasteiger partial charge in [-0.3, -0.25) is 4.79 Å². The summed E-state index contributed by atoms with van der Waals surface area (Å²) in [5, 5.41) is 0. The van der Waals surface area contributed by atoms with Crippen molar-refractivity contribution in [2.24, 2.45) is 0 Å². The van der Waals surface area contributed by atoms with Crippen LogP contribution < -0.4 is 0 Å². The van der Waals surface area contributed by atoms with E-state index < -0.39 is 0 Å². The van der Waals surface area contributed by atoms with Gasteiger partial charge in [-0.05, 0) is 24.3 Å². The van der Waals surface area contributed by atoms with Crippen LogP contribution in [0.15, 0.2) is 24.3 Å². The number of ether oxygens (including phenoxy) is 1. The summed E-state index contributed by atoms with van der Waals surface area (Å²) in [5.74, 6) is 1.25. The molecule has 0 aromatic heterocycles. The van der Waals surface area contributed by atoms with Crippen LogP contribution in [0.4, 0.5) is 4.39 Å². The smallest absolute Gasteiger partial charge is 0.192 e. The van der Waals surface area contributed by atoms with Crippen molar-refractivity contribution >= 4 is 17.5 Å². The van der Waals surface area contributed by atoms with Crippen LogP contribution in [0.1, 0.15) is 10.4 Å². The summed E-state index contributed by atoms with van der Waals surface area (Å²) in [7, 11) is 0. The predicted octanol–water partition coefficient (Wildman–Crippen LogP) is 2.14. The van der Waals surface area contributed by atoms with Crippen molar-refractivity contribution in [2.75, 3.05) is 18.1 Å². The van der Waals surface area contributed by atoms with Crippen molar-refractivity contribution in [3.8, 4) is 0 Å². The lowest BCUT2D eigenvalue weighted by atomic mass is 10.1. The monoisotopic (exact) mass is 226 g/mol. The Hall–Kier alpha value is -0.870. The molecule has 2 nitrogen and oxygen atoms in total. The van der Waals surface area contributed by atoms with Gasteiger partial charge in [0.25, 0.3) is 0 Å². The average Bonchev–Trinajstić information content (AvgIpc) is 2.30. The van der Waals surface area contributed by atoms with E-state index in [9.17, 15) is 9.18 Å². The van der Waals surface area contributed by atoms with Crippen molar-refractivity contribution in [1.82, 2.24) is 0 Å². The third-order valence-corrected chi connectivity index (χ3v) is 3.23. The highest BCUT2D eigenvalue weighted by atomic mass is 32.2. The Morgan fingerprint density at radius 3 is 2.73 bits per heavy atom. The molecule has 15 heavy (non-hydrogen) atoms. The number of carbonyl (C=O) groups excluding carboxylic acids is 1. The van der Waals surface area contributed by atoms with Crippen molar-refractivity contribution in [3.63, 3.8) is 0 Å². The molecule has 0 bridgehead atoms. The molecule has 1 aromatic rings. The zero-order valence-corrected chi connectivity index (χ0v) is 8.93. The lowest BCUT2D eigenvalue weighted by Crippen LogP contribution is -2.31. The Morgan fingerprint density at radius 2 is 2.13 bits per heavy atom. The van der Waals surface area contributed by atoms with Gasteiger partial charge >= 0.3 is 0 Å². The zero-order chi connectivity index (χ0) is 10.7. The second kappa shape index (κ2) is 4.77. The molecule has 1 unspecified atom stereocenters. The first kappa shape index (κ1) is 10.6. The molecule has 0 saturated carbocycles. The molecule has 0 N–H and O–H groups in total. The maximum atomic E-state index is 12.6. The van der Waals surface area contributed by atoms with Crippen LogP contribution in [0.2, 0.25) is 0 Å². The van der Waals surface area contributed by atoms with Gasteiger partial charge in [0, 0.05) is 17.1 Å². The van der Waals surface area contributed by atoms with Crippen molar-refractivity contribution in [3.05, 3.63) is 35.6 Å². The van der Waals surface area contributed by atoms with Gasteiger partial charge in [-0.2, -0.15) is 11.8 Å². The van der Waals surface area contributed by atoms with Crippen molar-refractivity contribution in [2.45, 2.75) is 6.10 Å². The molecule has 0 amide bonds. The van der Waals surface area contributed by atoms with Crippen LogP contribution in [-0.4, -0.2) is 30.0 Å². The maximum Gasteiger partial charge on any atom is 0.192 e. The molecule has 0 aliphatic carbocycles. The van der Waals surface area contributed by atoms with Gasteiger partial charge in [0.05, 0.1) is 6.61 Å². The van der Waals surface area contributed by atoms with Crippen LogP contribution in [0.3, 0.4) is 0 Å². The number of carbonyl (C=O) groups is 1. The molecule has 4 heteroatoms. The summed E-state index contributed by atoms with van der Waals surface area (Å²) in [5.41, 5.74) is 0.518. The SMILES string of the molecule is O=C(c1ccc(F)cc1)C1CSCCO1. The number of halogens is 1. The van der Waals surface area contributed by atoms with E-state index in [1.165, 1.54) is 24.3 Å². The number of ketones is 1. The number of Topliss-reactive ketones (excluding diaryl/α,β-unsaturated/α-hetero) is 1. The molecule has 1 heterocycles. The molecule has 1 aliphatic heterocycles. The lowest BCUT2D eigenvalue weighted by Gasteiger charge is -2.20. The number of hydrogen-bond acceptors (Lipinski definition) is 3. The van der Waals surface area contributed by atoms with Gasteiger partial charge in [-0.25, -0.2) is 4.39 Å². The molecule has 1 saturated heterocycles. The van der Waals surface area contributed by atoms with Crippen LogP contribution in [-0.2, 0) is 4.74 Å². The number of rotatable bonds is 2. The van der Waals surface area contributed by atoms with Gasteiger partial charge in [0.2, 0.25) is 0 Å². The molecule has 0 spiro atoms. The topological polar surface area (TPSA) is 26.3 Å². The van der Waals surface area contributed by atoms with E-state index in [4.69, 9.17) is 4.74 Å². The average molecular weight is 226 g/mol. The molecule has 1 aromatic carbocycles. The summed E-state index contributed by atoms with van der Waals surface area (Å²) >= 11 is 1.71. The molecular formula is C11H11FO2S. The summed E-state index contributed by atoms with van der Waals surface area (Å²) in [6, 6.07) is 5.59. The Bertz CT molecular complexity index is 344. The maximum absolute atomic E-state index is 12.6. The first-order valence-corrected chi connectivity index (χ1v) is 5.92. The van der Waals surface area contributed by atoms with Gasteiger partial charge < -0.3 is 4.74 Å². The minimum absolute atomic E-state index is 0.0535. The highest BCUT2D eigenvalue weighted by Crippen LogP contribution is 2.17. The molecule has 80 valence electrons. The molecular weight excluding hydrogens is 215 g/mol. The fourth-order valence-corrected chi connectivity index (χ4v) is 2.28. The predicted molar refractivity (Wildman–Crippen MR) is 57.8 cm³/mol. The lowest BCUT2D eigenvalue weighted by molar-refractivity contribution is 0.0519. The first-order valence-electron chi connectivity index (χ1n) is 4.76. The Morgan fingerprint density at radius 1 is 1.40 bits per heavy atom. The van der Waals surface area contributed by atoms with E-state index in [2.05, 4.69) is 0 Å². The fraction of sp³-hybridized carbons (Fsp3) is 0.364. The van der Waals surface area contributed by atoms with E-state index in [-0.39, 0.29) is 17.7 Å². The van der Waals surface area contributed by atoms with Gasteiger partial charge in [-0.15, -0.1) is 0 Å². The Labute approximate surface area is 91.8 Å². The van der Waals surface area contributed by atoms with E-state index in [1.807, 2.05) is 0 Å². The number of benzene rings is 1. The standard InChI is InChI=1S/C11H11FO2S/c12-9-3-1-8(2-4-9)11(13)10-7-15-6-5-14-10/h1-4,10H,5-7H2. The van der Waals surface area contributed by atoms with Crippen LogP contribution >= 0.6 is 11.8 Å². The largest absolute Gasteiger partial charge is 0.368 e. The van der Waals surface area contributed by atoms with Crippen LogP contribution in [0.5, 0.6) is 0 Å².